The van der Waals surface area contributed by atoms with Crippen LogP contribution in [0.3, 0.4) is 0 Å². The number of hydrogen-bond donors (Lipinski definition) is 0. The van der Waals surface area contributed by atoms with Gasteiger partial charge in [-0.05, 0) is 22.9 Å². The van der Waals surface area contributed by atoms with E-state index >= 15 is 0 Å². The first-order valence-corrected chi connectivity index (χ1v) is 13.9. The molecule has 0 N–H and O–H groups in total. The van der Waals surface area contributed by atoms with Gasteiger partial charge >= 0.3 is 0 Å². The third-order valence-corrected chi connectivity index (χ3v) is 7.04. The van der Waals surface area contributed by atoms with Gasteiger partial charge in [-0.15, -0.1) is 18.3 Å². The van der Waals surface area contributed by atoms with E-state index in [0.717, 1.165) is 16.7 Å². The standard InChI is InChI=1S/C31H36O5S/c1-3-19-33-30-29(35-22-26-17-11-6-12-18-26)28(34-21-25-15-9-5-10-16-25)27(36-31(30)37-2)23-32-20-24-13-7-4-8-14-24/h3-18,27-31H,1,19-23H2,2H3/t27-,28-,29+,30+,31-/m1/s1. The Morgan fingerprint density at radius 2 is 1.22 bits per heavy atom. The highest BCUT2D eigenvalue weighted by molar-refractivity contribution is 7.99. The van der Waals surface area contributed by atoms with Gasteiger partial charge in [-0.25, -0.2) is 0 Å². The van der Waals surface area contributed by atoms with Crippen LogP contribution in [0.15, 0.2) is 104 Å². The zero-order valence-corrected chi connectivity index (χ0v) is 22.1. The monoisotopic (exact) mass is 520 g/mol. The molecule has 3 aromatic carbocycles. The van der Waals surface area contributed by atoms with E-state index in [-0.39, 0.29) is 23.7 Å². The zero-order chi connectivity index (χ0) is 25.7. The van der Waals surface area contributed by atoms with Gasteiger partial charge < -0.3 is 23.7 Å². The molecular weight excluding hydrogens is 484 g/mol. The van der Waals surface area contributed by atoms with Gasteiger partial charge in [0.2, 0.25) is 0 Å². The van der Waals surface area contributed by atoms with Crippen LogP contribution in [-0.2, 0) is 43.5 Å². The van der Waals surface area contributed by atoms with Crippen molar-refractivity contribution in [2.45, 2.75) is 49.7 Å². The first-order valence-electron chi connectivity index (χ1n) is 12.6. The Labute approximate surface area is 224 Å². The Bertz CT molecular complexity index is 1030. The van der Waals surface area contributed by atoms with Crippen LogP contribution >= 0.6 is 11.8 Å². The minimum absolute atomic E-state index is 0.234. The molecule has 0 amide bonds. The molecule has 5 nitrogen and oxygen atoms in total. The van der Waals surface area contributed by atoms with Gasteiger partial charge in [0, 0.05) is 0 Å². The highest BCUT2D eigenvalue weighted by Crippen LogP contribution is 2.34. The van der Waals surface area contributed by atoms with E-state index < -0.39 is 6.10 Å². The topological polar surface area (TPSA) is 46.2 Å². The summed E-state index contributed by atoms with van der Waals surface area (Å²) in [6.45, 7) is 6.00. The molecule has 0 bridgehead atoms. The average Bonchev–Trinajstić information content (AvgIpc) is 2.96. The fourth-order valence-corrected chi connectivity index (χ4v) is 5.10. The maximum Gasteiger partial charge on any atom is 0.132 e. The largest absolute Gasteiger partial charge is 0.374 e. The van der Waals surface area contributed by atoms with Gasteiger partial charge in [0.25, 0.3) is 0 Å². The van der Waals surface area contributed by atoms with Crippen molar-refractivity contribution in [3.05, 3.63) is 120 Å². The van der Waals surface area contributed by atoms with E-state index in [0.29, 0.717) is 33.0 Å². The lowest BCUT2D eigenvalue weighted by Gasteiger charge is -2.45. The van der Waals surface area contributed by atoms with Crippen molar-refractivity contribution in [2.24, 2.45) is 0 Å². The predicted molar refractivity (Wildman–Crippen MR) is 148 cm³/mol. The lowest BCUT2D eigenvalue weighted by molar-refractivity contribution is -0.250. The maximum atomic E-state index is 6.57. The molecule has 1 aliphatic heterocycles. The van der Waals surface area contributed by atoms with Crippen molar-refractivity contribution in [2.75, 3.05) is 19.5 Å². The normalized spacial score (nSPS) is 23.5. The summed E-state index contributed by atoms with van der Waals surface area (Å²) in [6, 6.07) is 30.4. The minimum Gasteiger partial charge on any atom is -0.374 e. The molecule has 0 unspecified atom stereocenters. The summed E-state index contributed by atoms with van der Waals surface area (Å²) in [7, 11) is 0. The quantitative estimate of drug-likeness (QED) is 0.242. The molecule has 1 fully saturated rings. The van der Waals surface area contributed by atoms with E-state index in [1.54, 1.807) is 17.8 Å². The van der Waals surface area contributed by atoms with Gasteiger partial charge in [0.15, 0.2) is 0 Å². The number of hydrogen-bond acceptors (Lipinski definition) is 6. The average molecular weight is 521 g/mol. The second-order valence-corrected chi connectivity index (χ2v) is 9.82. The molecule has 196 valence electrons. The third kappa shape index (κ3) is 8.27. The molecule has 0 aromatic heterocycles. The molecule has 1 saturated heterocycles. The molecule has 4 rings (SSSR count). The predicted octanol–water partition coefficient (Wildman–Crippen LogP) is 6.03. The summed E-state index contributed by atoms with van der Waals surface area (Å²) in [4.78, 5) is 0. The molecule has 37 heavy (non-hydrogen) atoms. The smallest absolute Gasteiger partial charge is 0.132 e. The second kappa shape index (κ2) is 15.1. The molecule has 0 saturated carbocycles. The number of benzene rings is 3. The number of ether oxygens (including phenoxy) is 5. The van der Waals surface area contributed by atoms with Crippen molar-refractivity contribution >= 4 is 11.8 Å². The fraction of sp³-hybridized carbons (Fsp3) is 0.355. The summed E-state index contributed by atoms with van der Waals surface area (Å²) >= 11 is 1.61. The van der Waals surface area contributed by atoms with Crippen LogP contribution in [0.25, 0.3) is 0 Å². The molecule has 5 atom stereocenters. The van der Waals surface area contributed by atoms with E-state index in [4.69, 9.17) is 23.7 Å². The van der Waals surface area contributed by atoms with Crippen molar-refractivity contribution < 1.29 is 23.7 Å². The molecular formula is C31H36O5S. The molecule has 0 aliphatic carbocycles. The van der Waals surface area contributed by atoms with Crippen molar-refractivity contribution in [3.63, 3.8) is 0 Å². The lowest BCUT2D eigenvalue weighted by atomic mass is 9.99. The zero-order valence-electron chi connectivity index (χ0n) is 21.3. The highest BCUT2D eigenvalue weighted by atomic mass is 32.2. The van der Waals surface area contributed by atoms with Crippen LogP contribution in [0.1, 0.15) is 16.7 Å². The molecule has 3 aromatic rings. The van der Waals surface area contributed by atoms with Gasteiger partial charge in [-0.1, -0.05) is 97.1 Å². The van der Waals surface area contributed by atoms with Gasteiger partial charge in [0.1, 0.15) is 29.9 Å². The van der Waals surface area contributed by atoms with E-state index in [2.05, 4.69) is 43.0 Å². The molecule has 1 heterocycles. The van der Waals surface area contributed by atoms with Gasteiger partial charge in [-0.3, -0.25) is 0 Å². The minimum atomic E-state index is -0.391. The lowest BCUT2D eigenvalue weighted by Crippen LogP contribution is -2.60. The van der Waals surface area contributed by atoms with Gasteiger partial charge in [-0.2, -0.15) is 0 Å². The van der Waals surface area contributed by atoms with E-state index in [9.17, 15) is 0 Å². The summed E-state index contributed by atoms with van der Waals surface area (Å²) in [5, 5.41) is 0. The van der Waals surface area contributed by atoms with E-state index in [1.165, 1.54) is 0 Å². The third-order valence-electron chi connectivity index (χ3n) is 6.19. The van der Waals surface area contributed by atoms with Crippen LogP contribution in [0.5, 0.6) is 0 Å². The van der Waals surface area contributed by atoms with Crippen molar-refractivity contribution in [1.82, 2.24) is 0 Å². The van der Waals surface area contributed by atoms with Crippen LogP contribution in [0.2, 0.25) is 0 Å². The molecule has 6 heteroatoms. The van der Waals surface area contributed by atoms with Crippen LogP contribution < -0.4 is 0 Å². The first kappa shape index (κ1) is 27.6. The highest BCUT2D eigenvalue weighted by Gasteiger charge is 2.48. The van der Waals surface area contributed by atoms with E-state index in [1.807, 2.05) is 60.9 Å². The second-order valence-electron chi connectivity index (χ2n) is 8.89. The Morgan fingerprint density at radius 1 is 0.703 bits per heavy atom. The molecule has 1 aliphatic rings. The first-order chi connectivity index (χ1) is 18.3. The van der Waals surface area contributed by atoms with Crippen molar-refractivity contribution in [3.8, 4) is 0 Å². The maximum absolute atomic E-state index is 6.57. The number of thioether (sulfide) groups is 1. The molecule has 0 radical (unpaired) electrons. The summed E-state index contributed by atoms with van der Waals surface area (Å²) in [5.74, 6) is 0. The Kier molecular flexibility index (Phi) is 11.2. The molecule has 0 spiro atoms. The summed E-state index contributed by atoms with van der Waals surface area (Å²) in [6.07, 6.45) is 2.37. The Hall–Kier alpha value is -2.45. The number of rotatable bonds is 14. The van der Waals surface area contributed by atoms with Crippen molar-refractivity contribution in [1.29, 1.82) is 0 Å². The van der Waals surface area contributed by atoms with Gasteiger partial charge in [0.05, 0.1) is 33.0 Å². The van der Waals surface area contributed by atoms with Crippen LogP contribution in [-0.4, -0.2) is 49.3 Å². The summed E-state index contributed by atoms with van der Waals surface area (Å²) < 4.78 is 32.0. The van der Waals surface area contributed by atoms with Crippen LogP contribution in [0, 0.1) is 0 Å². The SMILES string of the molecule is C=CCO[C@H]1[C@@H](OCc2ccccc2)[C@H](OCc2ccccc2)[C@@H](COCc2ccccc2)O[C@@H]1SC. The Balaban J connectivity index is 1.55. The van der Waals surface area contributed by atoms with Crippen LogP contribution in [0.4, 0.5) is 0 Å². The fourth-order valence-electron chi connectivity index (χ4n) is 4.35. The summed E-state index contributed by atoms with van der Waals surface area (Å²) in [5.41, 5.74) is 3.06. The Morgan fingerprint density at radius 3 is 1.73 bits per heavy atom.